The van der Waals surface area contributed by atoms with Gasteiger partial charge in [0.2, 0.25) is 11.7 Å². The number of fused-ring (bicyclic) bond motifs is 4. The first kappa shape index (κ1) is 27.4. The van der Waals surface area contributed by atoms with Crippen molar-refractivity contribution in [2.75, 3.05) is 19.5 Å². The van der Waals surface area contributed by atoms with Gasteiger partial charge in [-0.1, -0.05) is 60.2 Å². The summed E-state index contributed by atoms with van der Waals surface area (Å²) in [5, 5.41) is 3.78. The van der Waals surface area contributed by atoms with Crippen molar-refractivity contribution in [3.8, 4) is 0 Å². The zero-order valence-electron chi connectivity index (χ0n) is 23.6. The molecule has 1 amide bonds. The number of carbonyl (C=O) groups is 4. The zero-order valence-corrected chi connectivity index (χ0v) is 23.6. The highest BCUT2D eigenvalue weighted by molar-refractivity contribution is 6.21. The largest absolute Gasteiger partial charge is 0.465 e. The summed E-state index contributed by atoms with van der Waals surface area (Å²) in [4.78, 5) is 58.7. The maximum atomic E-state index is 14.1. The molecule has 0 atom stereocenters. The number of nitrogens with one attached hydrogen (secondary N) is 1. The average molecular weight is 575 g/mol. The van der Waals surface area contributed by atoms with E-state index in [0.29, 0.717) is 27.8 Å². The van der Waals surface area contributed by atoms with Crippen molar-refractivity contribution < 1.29 is 28.7 Å². The number of aromatic nitrogens is 3. The van der Waals surface area contributed by atoms with E-state index in [-0.39, 0.29) is 29.0 Å². The molecule has 0 saturated heterocycles. The average Bonchev–Trinajstić information content (AvgIpc) is 3.53. The number of ether oxygens (including phenoxy) is 2. The number of para-hydroxylation sites is 3. The summed E-state index contributed by atoms with van der Waals surface area (Å²) in [6.45, 7) is 1.64. The fraction of sp³-hybridized carbons (Fsp3) is 0.121. The van der Waals surface area contributed by atoms with Crippen LogP contribution in [0.2, 0.25) is 0 Å². The number of nitrogens with zero attached hydrogens (tertiary/aromatic N) is 3. The Labute approximate surface area is 245 Å². The zero-order chi connectivity index (χ0) is 30.2. The lowest BCUT2D eigenvalue weighted by molar-refractivity contribution is -0.116. The van der Waals surface area contributed by atoms with Gasteiger partial charge in [0.1, 0.15) is 29.0 Å². The third-order valence-electron chi connectivity index (χ3n) is 7.33. The van der Waals surface area contributed by atoms with Gasteiger partial charge in [-0.05, 0) is 31.2 Å². The number of aryl methyl sites for hydroxylation is 1. The van der Waals surface area contributed by atoms with Crippen LogP contribution in [-0.2, 0) is 20.8 Å². The second-order valence-electron chi connectivity index (χ2n) is 9.94. The van der Waals surface area contributed by atoms with Crippen molar-refractivity contribution in [1.82, 2.24) is 14.0 Å². The Kier molecular flexibility index (Phi) is 6.95. The minimum atomic E-state index is -0.888. The molecule has 0 bridgehead atoms. The second-order valence-corrected chi connectivity index (χ2v) is 9.94. The Bertz CT molecular complexity index is 2080. The summed E-state index contributed by atoms with van der Waals surface area (Å²) < 4.78 is 13.3. The van der Waals surface area contributed by atoms with E-state index in [1.54, 1.807) is 65.4 Å². The molecule has 3 aromatic heterocycles. The molecule has 0 radical (unpaired) electrons. The minimum Gasteiger partial charge on any atom is -0.465 e. The molecule has 3 heterocycles. The highest BCUT2D eigenvalue weighted by atomic mass is 16.5. The Morgan fingerprint density at radius 3 is 2.19 bits per heavy atom. The standard InChI is InChI=1S/C33H26N4O6/c1-19-13-15-21(16-14-19)30(39)29-26(32(40)42-2)27(33(41)43-3)31-36(23-11-4-5-12-24(23)37(29)31)18-25(38)35-22-10-6-8-20-9-7-17-34-28(20)22/h4-17H,18H2,1-3H3,(H,35,38). The van der Waals surface area contributed by atoms with Gasteiger partial charge < -0.3 is 19.4 Å². The molecule has 3 aromatic carbocycles. The maximum absolute atomic E-state index is 14.1. The Morgan fingerprint density at radius 2 is 1.47 bits per heavy atom. The van der Waals surface area contributed by atoms with Crippen molar-refractivity contribution in [3.05, 3.63) is 113 Å². The van der Waals surface area contributed by atoms with Crippen LogP contribution in [0.15, 0.2) is 85.1 Å². The van der Waals surface area contributed by atoms with Crippen LogP contribution >= 0.6 is 0 Å². The molecule has 43 heavy (non-hydrogen) atoms. The summed E-state index contributed by atoms with van der Waals surface area (Å²) in [6.07, 6.45) is 1.64. The number of anilines is 1. The van der Waals surface area contributed by atoms with Crippen LogP contribution in [0.4, 0.5) is 5.69 Å². The van der Waals surface area contributed by atoms with Gasteiger partial charge in [0.25, 0.3) is 0 Å². The highest BCUT2D eigenvalue weighted by Crippen LogP contribution is 2.34. The van der Waals surface area contributed by atoms with Crippen molar-refractivity contribution in [3.63, 3.8) is 0 Å². The number of rotatable bonds is 7. The van der Waals surface area contributed by atoms with Gasteiger partial charge >= 0.3 is 11.9 Å². The fourth-order valence-electron chi connectivity index (χ4n) is 5.40. The van der Waals surface area contributed by atoms with E-state index in [4.69, 9.17) is 9.47 Å². The molecule has 0 saturated carbocycles. The number of methoxy groups -OCH3 is 2. The van der Waals surface area contributed by atoms with Gasteiger partial charge in [0, 0.05) is 17.1 Å². The van der Waals surface area contributed by atoms with Gasteiger partial charge in [-0.3, -0.25) is 19.0 Å². The second kappa shape index (κ2) is 10.9. The van der Waals surface area contributed by atoms with Crippen molar-refractivity contribution in [2.45, 2.75) is 13.5 Å². The van der Waals surface area contributed by atoms with Crippen LogP contribution < -0.4 is 5.32 Å². The molecular weight excluding hydrogens is 548 g/mol. The molecule has 6 rings (SSSR count). The lowest BCUT2D eigenvalue weighted by Crippen LogP contribution is -2.20. The van der Waals surface area contributed by atoms with Gasteiger partial charge in [-0.15, -0.1) is 0 Å². The molecule has 10 heteroatoms. The molecule has 214 valence electrons. The first-order valence-electron chi connectivity index (χ1n) is 13.4. The van der Waals surface area contributed by atoms with Gasteiger partial charge in [0.05, 0.1) is 36.5 Å². The number of hydrogen-bond acceptors (Lipinski definition) is 7. The van der Waals surface area contributed by atoms with Crippen molar-refractivity contribution in [1.29, 1.82) is 0 Å². The first-order valence-corrected chi connectivity index (χ1v) is 13.4. The molecule has 0 fully saturated rings. The summed E-state index contributed by atoms with van der Waals surface area (Å²) in [5.41, 5.74) is 3.12. The predicted molar refractivity (Wildman–Crippen MR) is 161 cm³/mol. The number of esters is 2. The highest BCUT2D eigenvalue weighted by Gasteiger charge is 2.36. The number of carbonyl (C=O) groups excluding carboxylic acids is 4. The molecule has 0 aliphatic carbocycles. The first-order chi connectivity index (χ1) is 20.8. The molecule has 1 N–H and O–H groups in total. The normalized spacial score (nSPS) is 11.1. The maximum Gasteiger partial charge on any atom is 0.342 e. The van der Waals surface area contributed by atoms with Crippen LogP contribution in [0.5, 0.6) is 0 Å². The summed E-state index contributed by atoms with van der Waals surface area (Å²) in [5.74, 6) is -2.66. The van der Waals surface area contributed by atoms with E-state index in [1.807, 2.05) is 31.2 Å². The smallest absolute Gasteiger partial charge is 0.342 e. The van der Waals surface area contributed by atoms with E-state index in [9.17, 15) is 19.2 Å². The molecule has 0 aliphatic heterocycles. The molecule has 6 aromatic rings. The molecule has 0 spiro atoms. The van der Waals surface area contributed by atoms with Gasteiger partial charge in [-0.2, -0.15) is 0 Å². The third-order valence-corrected chi connectivity index (χ3v) is 7.33. The summed E-state index contributed by atoms with van der Waals surface area (Å²) in [7, 11) is 2.35. The van der Waals surface area contributed by atoms with Crippen LogP contribution in [0.25, 0.3) is 27.6 Å². The number of ketones is 1. The Hall–Kier alpha value is -5.77. The van der Waals surface area contributed by atoms with Crippen LogP contribution in [0.1, 0.15) is 42.3 Å². The van der Waals surface area contributed by atoms with Crippen LogP contribution in [-0.4, -0.2) is 51.8 Å². The Morgan fingerprint density at radius 1 is 0.791 bits per heavy atom. The lowest BCUT2D eigenvalue weighted by Gasteiger charge is -2.11. The monoisotopic (exact) mass is 574 g/mol. The van der Waals surface area contributed by atoms with E-state index in [1.165, 1.54) is 18.6 Å². The molecular formula is C33H26N4O6. The van der Waals surface area contributed by atoms with Crippen LogP contribution in [0, 0.1) is 6.92 Å². The number of imidazole rings is 1. The summed E-state index contributed by atoms with van der Waals surface area (Å²) >= 11 is 0. The quantitative estimate of drug-likeness (QED) is 0.206. The lowest BCUT2D eigenvalue weighted by atomic mass is 10.0. The van der Waals surface area contributed by atoms with Crippen molar-refractivity contribution in [2.24, 2.45) is 0 Å². The number of benzene rings is 3. The van der Waals surface area contributed by atoms with Gasteiger partial charge in [0.15, 0.2) is 0 Å². The predicted octanol–water partition coefficient (Wildman–Crippen LogP) is 5.19. The van der Waals surface area contributed by atoms with E-state index in [0.717, 1.165) is 10.9 Å². The number of pyridine rings is 1. The number of amides is 1. The third kappa shape index (κ3) is 4.58. The summed E-state index contributed by atoms with van der Waals surface area (Å²) in [6, 6.07) is 23.1. The molecule has 0 unspecified atom stereocenters. The Balaban J connectivity index is 1.60. The SMILES string of the molecule is COC(=O)c1c(C(=O)OC)c2n(CC(=O)Nc3cccc4cccnc34)c3ccccc3n2c1C(=O)c1ccc(C)cc1. The van der Waals surface area contributed by atoms with E-state index in [2.05, 4.69) is 10.3 Å². The van der Waals surface area contributed by atoms with Crippen LogP contribution in [0.3, 0.4) is 0 Å². The minimum absolute atomic E-state index is 0.0697. The molecule has 10 nitrogen and oxygen atoms in total. The number of hydrogen-bond donors (Lipinski definition) is 1. The van der Waals surface area contributed by atoms with Crippen molar-refractivity contribution >= 4 is 56.9 Å². The topological polar surface area (TPSA) is 121 Å². The van der Waals surface area contributed by atoms with Gasteiger partial charge in [-0.25, -0.2) is 9.59 Å². The van der Waals surface area contributed by atoms with E-state index >= 15 is 0 Å². The fourth-order valence-corrected chi connectivity index (χ4v) is 5.40. The van der Waals surface area contributed by atoms with E-state index < -0.39 is 23.6 Å². The molecule has 0 aliphatic rings.